The number of halogens is 3. The number of carbonyl (C=O) groups is 1. The Hall–Kier alpha value is -2.69. The number of aryl methyl sites for hydroxylation is 1. The van der Waals surface area contributed by atoms with Gasteiger partial charge in [-0.3, -0.25) is 9.69 Å². The van der Waals surface area contributed by atoms with Crippen molar-refractivity contribution in [3.63, 3.8) is 0 Å². The number of anilines is 1. The second kappa shape index (κ2) is 11.5. The standard InChI is InChI=1S/C33H30BrCl2N3OS/c1-18-11-20(17-41-29-13-21(35)9-10-25(29)36)19(2)22(12-18)30-23(16-37)32(38)39(26-8-6-5-7-24(26)34)27-14-33(3,4)15-28(40)31(27)30/h5-13,30H,14-15,17,38H2,1-4H3. The van der Waals surface area contributed by atoms with Gasteiger partial charge in [-0.05, 0) is 88.6 Å². The molecule has 0 aromatic heterocycles. The molecule has 0 spiro atoms. The third kappa shape index (κ3) is 5.70. The number of nitrogens with two attached hydrogens (primary N) is 1. The fourth-order valence-electron chi connectivity index (χ4n) is 5.88. The molecule has 0 fully saturated rings. The van der Waals surface area contributed by atoms with Crippen LogP contribution in [0.15, 0.2) is 86.6 Å². The molecule has 0 radical (unpaired) electrons. The monoisotopic (exact) mass is 665 g/mol. The fraction of sp³-hybridized carbons (Fsp3) is 0.273. The number of nitrogens with zero attached hydrogens (tertiary/aromatic N) is 2. The van der Waals surface area contributed by atoms with Crippen LogP contribution in [-0.2, 0) is 10.5 Å². The average molecular weight is 668 g/mol. The van der Waals surface area contributed by atoms with Crippen LogP contribution in [0.4, 0.5) is 5.69 Å². The topological polar surface area (TPSA) is 70.1 Å². The van der Waals surface area contributed by atoms with E-state index in [4.69, 9.17) is 28.9 Å². The van der Waals surface area contributed by atoms with Gasteiger partial charge in [0.25, 0.3) is 0 Å². The van der Waals surface area contributed by atoms with Crippen LogP contribution in [0, 0.1) is 30.6 Å². The Morgan fingerprint density at radius 2 is 1.85 bits per heavy atom. The highest BCUT2D eigenvalue weighted by Gasteiger charge is 2.45. The first-order valence-corrected chi connectivity index (χ1v) is 15.8. The first-order valence-electron chi connectivity index (χ1n) is 13.3. The van der Waals surface area contributed by atoms with E-state index in [0.29, 0.717) is 45.6 Å². The summed E-state index contributed by atoms with van der Waals surface area (Å²) in [6, 6.07) is 19.9. The second-order valence-corrected chi connectivity index (χ2v) is 14.1. The molecule has 0 bridgehead atoms. The summed E-state index contributed by atoms with van der Waals surface area (Å²) in [7, 11) is 0. The molecule has 3 aromatic rings. The Labute approximate surface area is 264 Å². The molecule has 1 aliphatic heterocycles. The lowest BCUT2D eigenvalue weighted by atomic mass is 9.68. The molecule has 1 heterocycles. The van der Waals surface area contributed by atoms with Gasteiger partial charge in [0.05, 0.1) is 28.3 Å². The van der Waals surface area contributed by atoms with Crippen LogP contribution < -0.4 is 10.6 Å². The number of hydrogen-bond donors (Lipinski definition) is 1. The average Bonchev–Trinajstić information content (AvgIpc) is 2.90. The van der Waals surface area contributed by atoms with Crippen molar-refractivity contribution in [1.82, 2.24) is 0 Å². The summed E-state index contributed by atoms with van der Waals surface area (Å²) in [5.74, 6) is 0.526. The van der Waals surface area contributed by atoms with Crippen molar-refractivity contribution in [2.24, 2.45) is 11.1 Å². The van der Waals surface area contributed by atoms with Gasteiger partial charge in [-0.25, -0.2) is 0 Å². The minimum atomic E-state index is -0.546. The van der Waals surface area contributed by atoms with E-state index in [-0.39, 0.29) is 11.2 Å². The first-order chi connectivity index (χ1) is 19.4. The zero-order valence-electron chi connectivity index (χ0n) is 23.3. The maximum Gasteiger partial charge on any atom is 0.162 e. The maximum absolute atomic E-state index is 14.0. The molecular formula is C33H30BrCl2N3OS. The van der Waals surface area contributed by atoms with Crippen molar-refractivity contribution >= 4 is 62.4 Å². The number of nitriles is 1. The summed E-state index contributed by atoms with van der Waals surface area (Å²) in [6.07, 6.45) is 1.07. The summed E-state index contributed by atoms with van der Waals surface area (Å²) < 4.78 is 0.840. The lowest BCUT2D eigenvalue weighted by Gasteiger charge is -2.44. The molecule has 1 atom stereocenters. The lowest BCUT2D eigenvalue weighted by molar-refractivity contribution is -0.118. The van der Waals surface area contributed by atoms with Crippen molar-refractivity contribution < 1.29 is 4.79 Å². The first kappa shape index (κ1) is 29.8. The normalized spacial score (nSPS) is 18.4. The Morgan fingerprint density at radius 1 is 1.12 bits per heavy atom. The van der Waals surface area contributed by atoms with E-state index in [1.807, 2.05) is 42.2 Å². The van der Waals surface area contributed by atoms with Crippen LogP contribution in [0.25, 0.3) is 0 Å². The molecule has 2 aliphatic rings. The summed E-state index contributed by atoms with van der Waals surface area (Å²) in [4.78, 5) is 16.8. The van der Waals surface area contributed by atoms with Gasteiger partial charge in [0, 0.05) is 37.8 Å². The fourth-order valence-corrected chi connectivity index (χ4v) is 7.89. The Bertz CT molecular complexity index is 1690. The van der Waals surface area contributed by atoms with E-state index in [2.05, 4.69) is 54.9 Å². The van der Waals surface area contributed by atoms with Crippen LogP contribution in [0.2, 0.25) is 10.0 Å². The molecule has 0 amide bonds. The third-order valence-electron chi connectivity index (χ3n) is 7.76. The molecule has 0 saturated heterocycles. The van der Waals surface area contributed by atoms with Crippen molar-refractivity contribution in [1.29, 1.82) is 5.26 Å². The SMILES string of the molecule is Cc1cc(CSc2cc(Cl)ccc2Cl)c(C)c(C2C(C#N)=C(N)N(c3ccccc3Br)C3=C2C(=O)CC(C)(C)C3)c1. The molecule has 210 valence electrons. The molecule has 3 aromatic carbocycles. The van der Waals surface area contributed by atoms with E-state index in [0.717, 1.165) is 43.0 Å². The molecule has 8 heteroatoms. The summed E-state index contributed by atoms with van der Waals surface area (Å²) >= 11 is 18.0. The summed E-state index contributed by atoms with van der Waals surface area (Å²) in [5, 5.41) is 11.8. The lowest BCUT2D eigenvalue weighted by Crippen LogP contribution is -2.42. The number of thioether (sulfide) groups is 1. The van der Waals surface area contributed by atoms with Crippen molar-refractivity contribution in [2.45, 2.75) is 57.1 Å². The summed E-state index contributed by atoms with van der Waals surface area (Å²) in [6.45, 7) is 8.32. The number of para-hydroxylation sites is 1. The summed E-state index contributed by atoms with van der Waals surface area (Å²) in [5.41, 5.74) is 13.5. The number of rotatable bonds is 5. The molecule has 1 aliphatic carbocycles. The predicted molar refractivity (Wildman–Crippen MR) is 173 cm³/mol. The number of allylic oxidation sites excluding steroid dienone is 3. The number of benzene rings is 3. The Balaban J connectivity index is 1.68. The Kier molecular flexibility index (Phi) is 8.38. The van der Waals surface area contributed by atoms with Crippen molar-refractivity contribution in [3.8, 4) is 6.07 Å². The molecule has 1 unspecified atom stereocenters. The molecule has 2 N–H and O–H groups in total. The van der Waals surface area contributed by atoms with E-state index in [1.165, 1.54) is 0 Å². The number of hydrogen-bond acceptors (Lipinski definition) is 5. The number of carbonyl (C=O) groups excluding carboxylic acids is 1. The van der Waals surface area contributed by atoms with Gasteiger partial charge in [0.2, 0.25) is 0 Å². The maximum atomic E-state index is 14.0. The van der Waals surface area contributed by atoms with Crippen molar-refractivity contribution in [3.05, 3.63) is 114 Å². The van der Waals surface area contributed by atoms with Gasteiger partial charge >= 0.3 is 0 Å². The van der Waals surface area contributed by atoms with Crippen LogP contribution >= 0.6 is 50.9 Å². The van der Waals surface area contributed by atoms with Crippen LogP contribution in [0.5, 0.6) is 0 Å². The zero-order chi connectivity index (χ0) is 29.6. The quantitative estimate of drug-likeness (QED) is 0.275. The van der Waals surface area contributed by atoms with E-state index < -0.39 is 5.92 Å². The molecular weight excluding hydrogens is 637 g/mol. The van der Waals surface area contributed by atoms with E-state index >= 15 is 0 Å². The van der Waals surface area contributed by atoms with Crippen LogP contribution in [0.1, 0.15) is 54.9 Å². The van der Waals surface area contributed by atoms with Gasteiger partial charge in [-0.15, -0.1) is 11.8 Å². The highest BCUT2D eigenvalue weighted by atomic mass is 79.9. The molecule has 0 saturated carbocycles. The molecule has 4 nitrogen and oxygen atoms in total. The van der Waals surface area contributed by atoms with Crippen LogP contribution in [-0.4, -0.2) is 5.78 Å². The third-order valence-corrected chi connectivity index (χ3v) is 10.2. The second-order valence-electron chi connectivity index (χ2n) is 11.4. The number of ketones is 1. The largest absolute Gasteiger partial charge is 0.384 e. The van der Waals surface area contributed by atoms with Gasteiger partial charge in [-0.2, -0.15) is 5.26 Å². The van der Waals surface area contributed by atoms with Gasteiger partial charge in [0.1, 0.15) is 5.82 Å². The van der Waals surface area contributed by atoms with Gasteiger partial charge < -0.3 is 5.73 Å². The number of Topliss-reactive ketones (excluding diaryl/α,β-unsaturated/α-hetero) is 1. The van der Waals surface area contributed by atoms with Gasteiger partial charge in [-0.1, -0.05) is 66.9 Å². The highest BCUT2D eigenvalue weighted by Crippen LogP contribution is 2.52. The van der Waals surface area contributed by atoms with Crippen molar-refractivity contribution in [2.75, 3.05) is 4.90 Å². The van der Waals surface area contributed by atoms with Gasteiger partial charge in [0.15, 0.2) is 5.78 Å². The van der Waals surface area contributed by atoms with E-state index in [9.17, 15) is 10.1 Å². The highest BCUT2D eigenvalue weighted by molar-refractivity contribution is 9.10. The Morgan fingerprint density at radius 3 is 2.56 bits per heavy atom. The van der Waals surface area contributed by atoms with E-state index in [1.54, 1.807) is 23.9 Å². The molecule has 41 heavy (non-hydrogen) atoms. The predicted octanol–water partition coefficient (Wildman–Crippen LogP) is 9.61. The zero-order valence-corrected chi connectivity index (χ0v) is 27.2. The van der Waals surface area contributed by atoms with Crippen LogP contribution in [0.3, 0.4) is 0 Å². The minimum Gasteiger partial charge on any atom is -0.384 e. The molecule has 5 rings (SSSR count). The minimum absolute atomic E-state index is 0.0566. The smallest absolute Gasteiger partial charge is 0.162 e.